The standard InChI is InChI=1S/C15H12ClNO4/c1-17-13(18)7-8-2-3-9(6-10(8)15(17)20)14(19)11-4-5-12(16)21-11/h2-6,14,19H,7H2,1H3. The normalized spacial score (nSPS) is 16.0. The third-order valence-electron chi connectivity index (χ3n) is 3.56. The van der Waals surface area contributed by atoms with Crippen LogP contribution in [0.25, 0.3) is 0 Å². The Morgan fingerprint density at radius 3 is 2.71 bits per heavy atom. The van der Waals surface area contributed by atoms with Crippen LogP contribution in [0.5, 0.6) is 0 Å². The predicted octanol–water partition coefficient (Wildman–Crippen LogP) is 2.17. The molecule has 2 amide bonds. The zero-order valence-electron chi connectivity index (χ0n) is 11.2. The van der Waals surface area contributed by atoms with Crippen molar-refractivity contribution in [3.63, 3.8) is 0 Å². The van der Waals surface area contributed by atoms with Gasteiger partial charge in [0, 0.05) is 12.6 Å². The first-order valence-electron chi connectivity index (χ1n) is 6.34. The molecule has 0 aliphatic carbocycles. The molecule has 5 nitrogen and oxygen atoms in total. The van der Waals surface area contributed by atoms with Gasteiger partial charge in [0.2, 0.25) is 5.91 Å². The molecule has 6 heteroatoms. The van der Waals surface area contributed by atoms with Crippen LogP contribution in [0.1, 0.15) is 33.3 Å². The van der Waals surface area contributed by atoms with E-state index in [1.807, 2.05) is 0 Å². The molecule has 0 saturated carbocycles. The number of carbonyl (C=O) groups is 2. The van der Waals surface area contributed by atoms with Crippen LogP contribution in [-0.4, -0.2) is 28.9 Å². The van der Waals surface area contributed by atoms with E-state index >= 15 is 0 Å². The molecule has 1 aromatic carbocycles. The van der Waals surface area contributed by atoms with Crippen LogP contribution in [-0.2, 0) is 11.2 Å². The van der Waals surface area contributed by atoms with E-state index in [2.05, 4.69) is 0 Å². The number of fused-ring (bicyclic) bond motifs is 1. The number of carbonyl (C=O) groups excluding carboxylic acids is 2. The fourth-order valence-corrected chi connectivity index (χ4v) is 2.48. The summed E-state index contributed by atoms with van der Waals surface area (Å²) in [6.45, 7) is 0. The number of rotatable bonds is 2. The summed E-state index contributed by atoms with van der Waals surface area (Å²) in [6.07, 6.45) is -0.834. The van der Waals surface area contributed by atoms with Crippen molar-refractivity contribution in [2.24, 2.45) is 0 Å². The molecule has 1 aliphatic rings. The largest absolute Gasteiger partial charge is 0.447 e. The summed E-state index contributed by atoms with van der Waals surface area (Å²) in [5.74, 6) is -0.306. The van der Waals surface area contributed by atoms with Gasteiger partial charge in [-0.25, -0.2) is 0 Å². The van der Waals surface area contributed by atoms with E-state index in [1.165, 1.54) is 13.1 Å². The Kier molecular flexibility index (Phi) is 3.31. The van der Waals surface area contributed by atoms with E-state index in [-0.39, 0.29) is 23.5 Å². The zero-order chi connectivity index (χ0) is 15.1. The molecule has 108 valence electrons. The average molecular weight is 306 g/mol. The summed E-state index contributed by atoms with van der Waals surface area (Å²) >= 11 is 5.69. The fourth-order valence-electron chi connectivity index (χ4n) is 2.33. The lowest BCUT2D eigenvalue weighted by Crippen LogP contribution is -2.39. The number of imide groups is 1. The second kappa shape index (κ2) is 5.02. The van der Waals surface area contributed by atoms with Gasteiger partial charge >= 0.3 is 0 Å². The fraction of sp³-hybridized carbons (Fsp3) is 0.200. The molecular weight excluding hydrogens is 294 g/mol. The van der Waals surface area contributed by atoms with Gasteiger partial charge in [0.15, 0.2) is 5.22 Å². The van der Waals surface area contributed by atoms with Gasteiger partial charge in [-0.05, 0) is 40.9 Å². The number of aliphatic hydroxyl groups is 1. The first-order chi connectivity index (χ1) is 9.97. The van der Waals surface area contributed by atoms with Crippen LogP contribution in [0.2, 0.25) is 5.22 Å². The van der Waals surface area contributed by atoms with Crippen LogP contribution >= 0.6 is 11.6 Å². The molecule has 0 fully saturated rings. The van der Waals surface area contributed by atoms with Gasteiger partial charge < -0.3 is 9.52 Å². The van der Waals surface area contributed by atoms with Crippen molar-refractivity contribution < 1.29 is 19.1 Å². The smallest absolute Gasteiger partial charge is 0.260 e. The van der Waals surface area contributed by atoms with Gasteiger partial charge in [0.1, 0.15) is 11.9 Å². The van der Waals surface area contributed by atoms with Crippen molar-refractivity contribution in [2.45, 2.75) is 12.5 Å². The number of likely N-dealkylation sites (N-methyl/N-ethyl adjacent to an activating group) is 1. The minimum atomic E-state index is -1.02. The minimum absolute atomic E-state index is 0.181. The van der Waals surface area contributed by atoms with E-state index in [4.69, 9.17) is 16.0 Å². The highest BCUT2D eigenvalue weighted by Crippen LogP contribution is 2.29. The van der Waals surface area contributed by atoms with Crippen molar-refractivity contribution in [3.05, 3.63) is 58.0 Å². The highest BCUT2D eigenvalue weighted by Gasteiger charge is 2.29. The van der Waals surface area contributed by atoms with Crippen molar-refractivity contribution in [1.29, 1.82) is 0 Å². The van der Waals surface area contributed by atoms with Crippen molar-refractivity contribution >= 4 is 23.4 Å². The van der Waals surface area contributed by atoms with E-state index in [1.54, 1.807) is 24.3 Å². The Labute approximate surface area is 125 Å². The maximum absolute atomic E-state index is 12.1. The lowest BCUT2D eigenvalue weighted by molar-refractivity contribution is -0.127. The van der Waals surface area contributed by atoms with Gasteiger partial charge in [-0.1, -0.05) is 12.1 Å². The van der Waals surface area contributed by atoms with E-state index < -0.39 is 6.10 Å². The van der Waals surface area contributed by atoms with Gasteiger partial charge in [0.05, 0.1) is 6.42 Å². The molecule has 1 atom stereocenters. The van der Waals surface area contributed by atoms with Gasteiger partial charge in [-0.15, -0.1) is 0 Å². The summed E-state index contributed by atoms with van der Waals surface area (Å²) in [4.78, 5) is 24.8. The number of furan rings is 1. The first kappa shape index (κ1) is 13.9. The molecule has 1 aliphatic heterocycles. The number of benzene rings is 1. The highest BCUT2D eigenvalue weighted by molar-refractivity contribution is 6.28. The Morgan fingerprint density at radius 2 is 2.05 bits per heavy atom. The van der Waals surface area contributed by atoms with Crippen molar-refractivity contribution in [1.82, 2.24) is 4.90 Å². The Bertz CT molecular complexity index is 737. The number of amides is 2. The molecule has 3 rings (SSSR count). The van der Waals surface area contributed by atoms with Crippen molar-refractivity contribution in [3.8, 4) is 0 Å². The van der Waals surface area contributed by atoms with Crippen LogP contribution in [0.15, 0.2) is 34.7 Å². The number of hydrogen-bond acceptors (Lipinski definition) is 4. The Morgan fingerprint density at radius 1 is 1.29 bits per heavy atom. The van der Waals surface area contributed by atoms with Crippen LogP contribution in [0.3, 0.4) is 0 Å². The van der Waals surface area contributed by atoms with Crippen LogP contribution < -0.4 is 0 Å². The second-order valence-corrected chi connectivity index (χ2v) is 5.27. The summed E-state index contributed by atoms with van der Waals surface area (Å²) in [6, 6.07) is 8.05. The molecule has 2 heterocycles. The number of hydrogen-bond donors (Lipinski definition) is 1. The summed E-state index contributed by atoms with van der Waals surface area (Å²) in [5.41, 5.74) is 1.60. The van der Waals surface area contributed by atoms with Crippen molar-refractivity contribution in [2.75, 3.05) is 7.05 Å². The number of aliphatic hydroxyl groups excluding tert-OH is 1. The van der Waals surface area contributed by atoms with E-state index in [9.17, 15) is 14.7 Å². The monoisotopic (exact) mass is 305 g/mol. The van der Waals surface area contributed by atoms with Crippen LogP contribution in [0, 0.1) is 0 Å². The minimum Gasteiger partial charge on any atom is -0.447 e. The molecule has 0 spiro atoms. The Hall–Kier alpha value is -2.11. The third-order valence-corrected chi connectivity index (χ3v) is 3.77. The molecule has 0 radical (unpaired) electrons. The maximum atomic E-state index is 12.1. The molecule has 2 aromatic rings. The highest BCUT2D eigenvalue weighted by atomic mass is 35.5. The lowest BCUT2D eigenvalue weighted by Gasteiger charge is -2.24. The second-order valence-electron chi connectivity index (χ2n) is 4.90. The average Bonchev–Trinajstić information content (AvgIpc) is 2.90. The lowest BCUT2D eigenvalue weighted by atomic mass is 9.94. The Balaban J connectivity index is 2.00. The topological polar surface area (TPSA) is 70.8 Å². The number of nitrogens with zero attached hydrogens (tertiary/aromatic N) is 1. The van der Waals surface area contributed by atoms with Gasteiger partial charge in [0.25, 0.3) is 5.91 Å². The molecular formula is C15H12ClNO4. The SMILES string of the molecule is CN1C(=O)Cc2ccc(C(O)c3ccc(Cl)o3)cc2C1=O. The zero-order valence-corrected chi connectivity index (χ0v) is 11.9. The molecule has 1 aromatic heterocycles. The first-order valence-corrected chi connectivity index (χ1v) is 6.72. The van der Waals surface area contributed by atoms with E-state index in [0.717, 1.165) is 4.90 Å². The van der Waals surface area contributed by atoms with Gasteiger partial charge in [-0.2, -0.15) is 0 Å². The van der Waals surface area contributed by atoms with Gasteiger partial charge in [-0.3, -0.25) is 14.5 Å². The molecule has 0 bridgehead atoms. The maximum Gasteiger partial charge on any atom is 0.260 e. The summed E-state index contributed by atoms with van der Waals surface area (Å²) in [5, 5.41) is 10.5. The van der Waals surface area contributed by atoms with E-state index in [0.29, 0.717) is 22.5 Å². The molecule has 1 unspecified atom stereocenters. The third kappa shape index (κ3) is 2.34. The molecule has 21 heavy (non-hydrogen) atoms. The molecule has 0 saturated heterocycles. The summed E-state index contributed by atoms with van der Waals surface area (Å²) in [7, 11) is 1.45. The van der Waals surface area contributed by atoms with Crippen LogP contribution in [0.4, 0.5) is 0 Å². The quantitative estimate of drug-likeness (QED) is 0.863. The predicted molar refractivity (Wildman–Crippen MR) is 75.0 cm³/mol. The summed E-state index contributed by atoms with van der Waals surface area (Å²) < 4.78 is 5.17. The number of halogens is 1. The molecule has 1 N–H and O–H groups in total.